The molecule has 2 rings (SSSR count). The van der Waals surface area contributed by atoms with Crippen molar-refractivity contribution in [3.8, 4) is 0 Å². The number of hydrogen-bond acceptors (Lipinski definition) is 4. The number of urea groups is 1. The van der Waals surface area contributed by atoms with Gasteiger partial charge in [0.15, 0.2) is 0 Å². The minimum absolute atomic E-state index is 0.129. The minimum Gasteiger partial charge on any atom is -0.388 e. The number of carbonyl (C=O) groups is 1. The molecule has 6 heteroatoms. The summed E-state index contributed by atoms with van der Waals surface area (Å²) in [6, 6.07) is 9.05. The smallest absolute Gasteiger partial charge is 0.315 e. The third-order valence-electron chi connectivity index (χ3n) is 3.05. The van der Waals surface area contributed by atoms with Crippen LogP contribution in [0.4, 0.5) is 4.79 Å². The number of nitrogens with zero attached hydrogens (tertiary/aromatic N) is 1. The van der Waals surface area contributed by atoms with Gasteiger partial charge in [0.2, 0.25) is 0 Å². The summed E-state index contributed by atoms with van der Waals surface area (Å²) in [5.74, 6) is 0. The van der Waals surface area contributed by atoms with E-state index < -0.39 is 6.10 Å². The van der Waals surface area contributed by atoms with Gasteiger partial charge >= 0.3 is 6.03 Å². The maximum atomic E-state index is 11.7. The van der Waals surface area contributed by atoms with E-state index in [1.54, 1.807) is 5.51 Å². The van der Waals surface area contributed by atoms with Crippen LogP contribution >= 0.6 is 11.3 Å². The first-order chi connectivity index (χ1) is 10.1. The topological polar surface area (TPSA) is 74.2 Å². The molecule has 5 nitrogen and oxygen atoms in total. The van der Waals surface area contributed by atoms with E-state index in [4.69, 9.17) is 0 Å². The van der Waals surface area contributed by atoms with Gasteiger partial charge in [0.1, 0.15) is 0 Å². The Morgan fingerprint density at radius 2 is 2.14 bits per heavy atom. The van der Waals surface area contributed by atoms with Crippen molar-refractivity contribution in [3.63, 3.8) is 0 Å². The van der Waals surface area contributed by atoms with E-state index in [0.29, 0.717) is 13.0 Å². The fourth-order valence-corrected chi connectivity index (χ4v) is 2.53. The fourth-order valence-electron chi connectivity index (χ4n) is 1.98. The first kappa shape index (κ1) is 15.5. The van der Waals surface area contributed by atoms with Crippen LogP contribution in [0.15, 0.2) is 41.2 Å². The van der Waals surface area contributed by atoms with Gasteiger partial charge in [-0.25, -0.2) is 9.78 Å². The number of aliphatic hydroxyl groups excluding tert-OH is 1. The molecule has 0 spiro atoms. The summed E-state index contributed by atoms with van der Waals surface area (Å²) in [7, 11) is 0. The first-order valence-electron chi connectivity index (χ1n) is 6.79. The molecule has 2 aromatic rings. The van der Waals surface area contributed by atoms with E-state index in [0.717, 1.165) is 11.3 Å². The number of hydrogen-bond donors (Lipinski definition) is 3. The second kappa shape index (κ2) is 7.75. The van der Waals surface area contributed by atoms with E-state index in [9.17, 15) is 9.90 Å². The van der Waals surface area contributed by atoms with Gasteiger partial charge in [0, 0.05) is 11.4 Å². The lowest BCUT2D eigenvalue weighted by Crippen LogP contribution is -2.41. The molecule has 2 amide bonds. The van der Waals surface area contributed by atoms with Crippen molar-refractivity contribution in [2.45, 2.75) is 32.0 Å². The van der Waals surface area contributed by atoms with E-state index in [1.807, 2.05) is 42.6 Å². The van der Waals surface area contributed by atoms with Crippen LogP contribution in [0.3, 0.4) is 0 Å². The van der Waals surface area contributed by atoms with Crippen LogP contribution in [0.2, 0.25) is 0 Å². The molecule has 3 N–H and O–H groups in total. The second-order valence-corrected chi connectivity index (χ2v) is 5.59. The van der Waals surface area contributed by atoms with Crippen molar-refractivity contribution in [1.82, 2.24) is 15.6 Å². The normalized spacial score (nSPS) is 13.4. The molecule has 0 aliphatic rings. The molecule has 0 saturated heterocycles. The van der Waals surface area contributed by atoms with Crippen LogP contribution in [-0.4, -0.2) is 22.2 Å². The Balaban J connectivity index is 1.73. The summed E-state index contributed by atoms with van der Waals surface area (Å²) >= 11 is 1.50. The van der Waals surface area contributed by atoms with Gasteiger partial charge in [-0.15, -0.1) is 11.3 Å². The molecule has 0 aliphatic carbocycles. The molecule has 2 unspecified atom stereocenters. The van der Waals surface area contributed by atoms with Crippen molar-refractivity contribution < 1.29 is 9.90 Å². The van der Waals surface area contributed by atoms with Crippen molar-refractivity contribution in [3.05, 3.63) is 52.5 Å². The molecule has 0 radical (unpaired) electrons. The first-order valence-corrected chi connectivity index (χ1v) is 7.74. The highest BCUT2D eigenvalue weighted by Gasteiger charge is 2.14. The molecular formula is C15H19N3O2S. The number of rotatable bonds is 6. The lowest BCUT2D eigenvalue weighted by molar-refractivity contribution is 0.154. The number of amides is 2. The van der Waals surface area contributed by atoms with Crippen molar-refractivity contribution in [2.24, 2.45) is 0 Å². The predicted octanol–water partition coefficient (Wildman–Crippen LogP) is 2.45. The summed E-state index contributed by atoms with van der Waals surface area (Å²) in [6.45, 7) is 2.28. The minimum atomic E-state index is -0.583. The SMILES string of the molecule is CC(CC(O)c1ccccc1)NC(=O)NCc1cscn1. The van der Waals surface area contributed by atoms with E-state index in [-0.39, 0.29) is 12.1 Å². The summed E-state index contributed by atoms with van der Waals surface area (Å²) < 4.78 is 0. The Bertz CT molecular complexity index is 545. The third-order valence-corrected chi connectivity index (χ3v) is 3.69. The molecule has 112 valence electrons. The third kappa shape index (κ3) is 5.17. The molecule has 1 aromatic heterocycles. The van der Waals surface area contributed by atoms with Crippen LogP contribution in [0.5, 0.6) is 0 Å². The van der Waals surface area contributed by atoms with E-state index in [1.165, 1.54) is 11.3 Å². The largest absolute Gasteiger partial charge is 0.388 e. The van der Waals surface area contributed by atoms with Crippen molar-refractivity contribution in [1.29, 1.82) is 0 Å². The van der Waals surface area contributed by atoms with Crippen molar-refractivity contribution in [2.75, 3.05) is 0 Å². The van der Waals surface area contributed by atoms with Crippen molar-refractivity contribution >= 4 is 17.4 Å². The Hall–Kier alpha value is -1.92. The lowest BCUT2D eigenvalue weighted by atomic mass is 10.0. The maximum absolute atomic E-state index is 11.7. The number of aromatic nitrogens is 1. The standard InChI is InChI=1S/C15H19N3O2S/c1-11(7-14(19)12-5-3-2-4-6-12)18-15(20)16-8-13-9-21-10-17-13/h2-6,9-11,14,19H,7-8H2,1H3,(H2,16,18,20). The lowest BCUT2D eigenvalue weighted by Gasteiger charge is -2.18. The number of carbonyl (C=O) groups excluding carboxylic acids is 1. The molecule has 1 aromatic carbocycles. The van der Waals surface area contributed by atoms with Crippen LogP contribution in [0.25, 0.3) is 0 Å². The van der Waals surface area contributed by atoms with Gasteiger partial charge in [0.05, 0.1) is 23.9 Å². The molecule has 0 saturated carbocycles. The van der Waals surface area contributed by atoms with Gasteiger partial charge in [-0.1, -0.05) is 30.3 Å². The Morgan fingerprint density at radius 3 is 2.81 bits per heavy atom. The second-order valence-electron chi connectivity index (χ2n) is 4.87. The molecule has 1 heterocycles. The molecule has 21 heavy (non-hydrogen) atoms. The Morgan fingerprint density at radius 1 is 1.38 bits per heavy atom. The zero-order chi connectivity index (χ0) is 15.1. The monoisotopic (exact) mass is 305 g/mol. The zero-order valence-electron chi connectivity index (χ0n) is 11.8. The van der Waals surface area contributed by atoms with Gasteiger partial charge in [0.25, 0.3) is 0 Å². The van der Waals surface area contributed by atoms with E-state index in [2.05, 4.69) is 15.6 Å². The number of benzene rings is 1. The summed E-state index contributed by atoms with van der Waals surface area (Å²) in [4.78, 5) is 15.8. The highest BCUT2D eigenvalue weighted by molar-refractivity contribution is 7.07. The number of aliphatic hydroxyl groups is 1. The Labute approximate surface area is 128 Å². The highest BCUT2D eigenvalue weighted by atomic mass is 32.1. The Kier molecular flexibility index (Phi) is 5.71. The molecule has 2 atom stereocenters. The summed E-state index contributed by atoms with van der Waals surface area (Å²) in [5.41, 5.74) is 3.43. The number of thiazole rings is 1. The van der Waals surface area contributed by atoms with Crippen LogP contribution in [0, 0.1) is 0 Å². The molecule has 0 aliphatic heterocycles. The summed E-state index contributed by atoms with van der Waals surface area (Å²) in [5, 5.41) is 17.5. The van der Waals surface area contributed by atoms with Gasteiger partial charge in [-0.3, -0.25) is 0 Å². The van der Waals surface area contributed by atoms with Gasteiger partial charge in [-0.2, -0.15) is 0 Å². The predicted molar refractivity (Wildman–Crippen MR) is 83.0 cm³/mol. The molecular weight excluding hydrogens is 286 g/mol. The number of nitrogens with one attached hydrogen (secondary N) is 2. The van der Waals surface area contributed by atoms with Gasteiger partial charge < -0.3 is 15.7 Å². The van der Waals surface area contributed by atoms with Crippen LogP contribution in [-0.2, 0) is 6.54 Å². The maximum Gasteiger partial charge on any atom is 0.315 e. The molecule has 0 bridgehead atoms. The van der Waals surface area contributed by atoms with Gasteiger partial charge in [-0.05, 0) is 18.9 Å². The quantitative estimate of drug-likeness (QED) is 0.767. The highest BCUT2D eigenvalue weighted by Crippen LogP contribution is 2.17. The fraction of sp³-hybridized carbons (Fsp3) is 0.333. The summed E-state index contributed by atoms with van der Waals surface area (Å²) in [6.07, 6.45) is -0.117. The van der Waals surface area contributed by atoms with Crippen LogP contribution < -0.4 is 10.6 Å². The van der Waals surface area contributed by atoms with Crippen LogP contribution in [0.1, 0.15) is 30.7 Å². The average molecular weight is 305 g/mol. The zero-order valence-corrected chi connectivity index (χ0v) is 12.6. The average Bonchev–Trinajstić information content (AvgIpc) is 2.99. The van der Waals surface area contributed by atoms with E-state index >= 15 is 0 Å². The molecule has 0 fully saturated rings.